The summed E-state index contributed by atoms with van der Waals surface area (Å²) in [5.41, 5.74) is 6.48. The first-order valence-corrected chi connectivity index (χ1v) is 12.0. The molecule has 1 aliphatic rings. The van der Waals surface area contributed by atoms with Crippen LogP contribution in [-0.2, 0) is 18.9 Å². The zero-order valence-corrected chi connectivity index (χ0v) is 20.5. The van der Waals surface area contributed by atoms with Gasteiger partial charge in [-0.05, 0) is 61.9 Å². The first-order chi connectivity index (χ1) is 17.4. The molecule has 0 radical (unpaired) electrons. The van der Waals surface area contributed by atoms with Crippen LogP contribution in [-0.4, -0.2) is 12.4 Å². The molecule has 0 aliphatic heterocycles. The summed E-state index contributed by atoms with van der Waals surface area (Å²) >= 11 is 0. The van der Waals surface area contributed by atoms with Crippen LogP contribution in [0.15, 0.2) is 65.3 Å². The van der Waals surface area contributed by atoms with Gasteiger partial charge in [-0.2, -0.15) is 26.3 Å². The SMILES string of the molecule is C=C(NC(=NCc1ccccc1C(F)(F)F)C1=C(N)CCCC1)c1cc(C(F)(F)F)ccc1NCCC. The van der Waals surface area contributed by atoms with Crippen molar-refractivity contribution < 1.29 is 26.3 Å². The molecule has 2 aromatic carbocycles. The van der Waals surface area contributed by atoms with Gasteiger partial charge in [0.15, 0.2) is 0 Å². The van der Waals surface area contributed by atoms with Crippen LogP contribution in [0.3, 0.4) is 0 Å². The van der Waals surface area contributed by atoms with Crippen LogP contribution in [0.1, 0.15) is 61.3 Å². The average Bonchev–Trinajstić information content (AvgIpc) is 2.84. The first kappa shape index (κ1) is 28.1. The van der Waals surface area contributed by atoms with Crippen molar-refractivity contribution in [3.63, 3.8) is 0 Å². The van der Waals surface area contributed by atoms with Gasteiger partial charge in [0.05, 0.1) is 17.7 Å². The van der Waals surface area contributed by atoms with Gasteiger partial charge in [-0.25, -0.2) is 0 Å². The van der Waals surface area contributed by atoms with E-state index in [4.69, 9.17) is 5.73 Å². The smallest absolute Gasteiger partial charge is 0.402 e. The lowest BCUT2D eigenvalue weighted by Crippen LogP contribution is -2.28. The van der Waals surface area contributed by atoms with Gasteiger partial charge in [0.25, 0.3) is 0 Å². The highest BCUT2D eigenvalue weighted by molar-refractivity contribution is 6.04. The second-order valence-electron chi connectivity index (χ2n) is 8.82. The number of allylic oxidation sites excluding steroid dienone is 1. The van der Waals surface area contributed by atoms with Crippen LogP contribution < -0.4 is 16.4 Å². The minimum atomic E-state index is -4.56. The van der Waals surface area contributed by atoms with Crippen molar-refractivity contribution in [1.82, 2.24) is 5.32 Å². The van der Waals surface area contributed by atoms with Crippen molar-refractivity contribution in [3.8, 4) is 0 Å². The second kappa shape index (κ2) is 11.7. The summed E-state index contributed by atoms with van der Waals surface area (Å²) < 4.78 is 80.8. The molecule has 0 amide bonds. The van der Waals surface area contributed by atoms with Gasteiger partial charge >= 0.3 is 12.4 Å². The van der Waals surface area contributed by atoms with Gasteiger partial charge in [0.1, 0.15) is 5.84 Å². The van der Waals surface area contributed by atoms with E-state index in [1.165, 1.54) is 24.3 Å². The van der Waals surface area contributed by atoms with Crippen molar-refractivity contribution in [1.29, 1.82) is 0 Å². The lowest BCUT2D eigenvalue weighted by molar-refractivity contribution is -0.138. The molecule has 2 aromatic rings. The minimum Gasteiger partial charge on any atom is -0.402 e. The third-order valence-corrected chi connectivity index (χ3v) is 6.03. The molecule has 0 saturated carbocycles. The molecule has 0 unspecified atom stereocenters. The molecule has 0 atom stereocenters. The van der Waals surface area contributed by atoms with Crippen LogP contribution in [0, 0.1) is 0 Å². The Kier molecular flexibility index (Phi) is 8.94. The van der Waals surface area contributed by atoms with E-state index >= 15 is 0 Å². The Bertz CT molecular complexity index is 1180. The summed E-state index contributed by atoms with van der Waals surface area (Å²) in [5.74, 6) is 0.207. The topological polar surface area (TPSA) is 62.4 Å². The summed E-state index contributed by atoms with van der Waals surface area (Å²) in [4.78, 5) is 4.43. The fourth-order valence-corrected chi connectivity index (χ4v) is 4.10. The average molecular weight is 525 g/mol. The summed E-state index contributed by atoms with van der Waals surface area (Å²) in [5, 5.41) is 6.08. The molecule has 0 aromatic heterocycles. The van der Waals surface area contributed by atoms with E-state index in [2.05, 4.69) is 22.2 Å². The number of nitrogens with one attached hydrogen (secondary N) is 2. The molecular weight excluding hydrogens is 494 g/mol. The third-order valence-electron chi connectivity index (χ3n) is 6.03. The predicted octanol–water partition coefficient (Wildman–Crippen LogP) is 7.49. The van der Waals surface area contributed by atoms with Crippen LogP contribution >= 0.6 is 0 Å². The van der Waals surface area contributed by atoms with Crippen LogP contribution in [0.5, 0.6) is 0 Å². The Balaban J connectivity index is 2.02. The van der Waals surface area contributed by atoms with E-state index in [1.54, 1.807) is 0 Å². The quantitative estimate of drug-likeness (QED) is 0.190. The maximum absolute atomic E-state index is 13.5. The third kappa shape index (κ3) is 7.30. The van der Waals surface area contributed by atoms with Crippen molar-refractivity contribution in [2.75, 3.05) is 11.9 Å². The molecule has 37 heavy (non-hydrogen) atoms. The van der Waals surface area contributed by atoms with Crippen molar-refractivity contribution in [3.05, 3.63) is 82.6 Å². The van der Waals surface area contributed by atoms with Crippen LogP contribution in [0.2, 0.25) is 0 Å². The highest BCUT2D eigenvalue weighted by Gasteiger charge is 2.33. The summed E-state index contributed by atoms with van der Waals surface area (Å²) in [7, 11) is 0. The zero-order valence-electron chi connectivity index (χ0n) is 20.5. The molecule has 0 bridgehead atoms. The van der Waals surface area contributed by atoms with E-state index in [0.717, 1.165) is 37.5 Å². The van der Waals surface area contributed by atoms with E-state index in [1.807, 2.05) is 6.92 Å². The molecule has 0 fully saturated rings. The standard InChI is InChI=1S/C27H30F6N4/c1-3-14-35-24-13-12-19(26(28,29)30)15-21(24)17(2)37-25(20-9-5-7-11-23(20)34)36-16-18-8-4-6-10-22(18)27(31,32)33/h4,6,8,10,12-13,15,35H,2-3,5,7,9,11,14,16,34H2,1H3,(H,36,37). The number of hydrogen-bond acceptors (Lipinski definition) is 3. The number of rotatable bonds is 8. The Morgan fingerprint density at radius 1 is 1.00 bits per heavy atom. The maximum Gasteiger partial charge on any atom is 0.416 e. The molecule has 3 rings (SSSR count). The summed E-state index contributed by atoms with van der Waals surface area (Å²) in [6, 6.07) is 8.44. The first-order valence-electron chi connectivity index (χ1n) is 12.0. The van der Waals surface area contributed by atoms with E-state index in [-0.39, 0.29) is 29.2 Å². The van der Waals surface area contributed by atoms with Gasteiger partial charge in [-0.1, -0.05) is 31.7 Å². The van der Waals surface area contributed by atoms with Gasteiger partial charge in [0.2, 0.25) is 0 Å². The minimum absolute atomic E-state index is 0.0285. The normalized spacial score (nSPS) is 15.1. The van der Waals surface area contributed by atoms with Crippen molar-refractivity contribution >= 4 is 17.2 Å². The number of halogens is 6. The molecule has 1 aliphatic carbocycles. The monoisotopic (exact) mass is 524 g/mol. The molecule has 4 N–H and O–H groups in total. The molecule has 200 valence electrons. The van der Waals surface area contributed by atoms with Crippen LogP contribution in [0.25, 0.3) is 5.70 Å². The second-order valence-corrected chi connectivity index (χ2v) is 8.82. The lowest BCUT2D eigenvalue weighted by atomic mass is 9.95. The summed E-state index contributed by atoms with van der Waals surface area (Å²) in [6.07, 6.45) is -5.58. The predicted molar refractivity (Wildman–Crippen MR) is 135 cm³/mol. The number of hydrogen-bond donors (Lipinski definition) is 3. The Labute approximate surface area is 212 Å². The molecule has 0 saturated heterocycles. The van der Waals surface area contributed by atoms with Gasteiger partial charge in [-0.15, -0.1) is 0 Å². The van der Waals surface area contributed by atoms with Crippen molar-refractivity contribution in [2.24, 2.45) is 10.7 Å². The van der Waals surface area contributed by atoms with Gasteiger partial charge < -0.3 is 16.4 Å². The number of alkyl halides is 6. The molecule has 4 nitrogen and oxygen atoms in total. The molecule has 0 spiro atoms. The molecule has 0 heterocycles. The van der Waals surface area contributed by atoms with E-state index in [9.17, 15) is 26.3 Å². The van der Waals surface area contributed by atoms with E-state index in [0.29, 0.717) is 36.3 Å². The number of benzene rings is 2. The Morgan fingerprint density at radius 3 is 2.35 bits per heavy atom. The number of aliphatic imine (C=N–C) groups is 1. The Hall–Kier alpha value is -3.43. The lowest BCUT2D eigenvalue weighted by Gasteiger charge is -2.23. The van der Waals surface area contributed by atoms with E-state index < -0.39 is 23.5 Å². The molecule has 10 heteroatoms. The number of amidine groups is 1. The van der Waals surface area contributed by atoms with Gasteiger partial charge in [-0.3, -0.25) is 4.99 Å². The fraction of sp³-hybridized carbons (Fsp3) is 0.370. The van der Waals surface area contributed by atoms with Crippen molar-refractivity contribution in [2.45, 2.75) is 57.9 Å². The largest absolute Gasteiger partial charge is 0.416 e. The number of nitrogens with zero attached hydrogens (tertiary/aromatic N) is 1. The van der Waals surface area contributed by atoms with Crippen LogP contribution in [0.4, 0.5) is 32.0 Å². The number of nitrogens with two attached hydrogens (primary N) is 1. The Morgan fingerprint density at radius 2 is 1.70 bits per heavy atom. The zero-order chi connectivity index (χ0) is 27.2. The highest BCUT2D eigenvalue weighted by Crippen LogP contribution is 2.35. The highest BCUT2D eigenvalue weighted by atomic mass is 19.4. The maximum atomic E-state index is 13.5. The number of anilines is 1. The van der Waals surface area contributed by atoms with Gasteiger partial charge in [0, 0.05) is 34.8 Å². The fourth-order valence-electron chi connectivity index (χ4n) is 4.10. The molecular formula is C27H30F6N4. The summed E-state index contributed by atoms with van der Waals surface area (Å²) in [6.45, 7) is 6.09.